The molecule has 2 saturated heterocycles. The van der Waals surface area contributed by atoms with Crippen LogP contribution in [0.3, 0.4) is 0 Å². The number of halogens is 3. The van der Waals surface area contributed by atoms with Gasteiger partial charge >= 0.3 is 18.4 Å². The lowest BCUT2D eigenvalue weighted by Crippen LogP contribution is -2.61. The van der Waals surface area contributed by atoms with Crippen LogP contribution in [0.15, 0.2) is 0 Å². The molecule has 7 rings (SSSR count). The van der Waals surface area contributed by atoms with Crippen LogP contribution in [0.25, 0.3) is 0 Å². The molecule has 5 aliphatic carbocycles. The summed E-state index contributed by atoms with van der Waals surface area (Å²) in [6, 6.07) is -0.298. The molecule has 5 saturated carbocycles. The van der Waals surface area contributed by atoms with Crippen molar-refractivity contribution in [2.75, 3.05) is 26.7 Å². The molecule has 2 spiro atoms. The van der Waals surface area contributed by atoms with Gasteiger partial charge < -0.3 is 24.8 Å². The van der Waals surface area contributed by atoms with Gasteiger partial charge in [-0.25, -0.2) is 9.59 Å². The average molecular weight is 682 g/mol. The third kappa shape index (κ3) is 5.36. The highest BCUT2D eigenvalue weighted by molar-refractivity contribution is 5.68. The summed E-state index contributed by atoms with van der Waals surface area (Å²) in [6.45, 7) is 13.2. The topological polar surface area (TPSA) is 89.1 Å². The van der Waals surface area contributed by atoms with Crippen molar-refractivity contribution in [2.24, 2.45) is 57.2 Å². The number of fused-ring (bicyclic) bond motifs is 4. The van der Waals surface area contributed by atoms with E-state index < -0.39 is 24.9 Å². The lowest BCUT2D eigenvalue weighted by atomic mass is 9.46. The van der Waals surface area contributed by atoms with E-state index in [1.807, 2.05) is 0 Å². The third-order valence-corrected chi connectivity index (χ3v) is 15.3. The monoisotopic (exact) mass is 681 g/mol. The number of hydrogen-bond donors (Lipinski definition) is 2. The first-order chi connectivity index (χ1) is 22.4. The molecule has 2 aliphatic heterocycles. The molecule has 2 N–H and O–H groups in total. The first-order valence-electron chi connectivity index (χ1n) is 18.7. The summed E-state index contributed by atoms with van der Waals surface area (Å²) in [5.74, 6) is 2.99. The maximum atomic E-state index is 12.9. The summed E-state index contributed by atoms with van der Waals surface area (Å²) in [5.41, 5.74) is 0.743. The summed E-state index contributed by atoms with van der Waals surface area (Å²) in [4.78, 5) is 26.5. The first kappa shape index (κ1) is 34.7. The largest absolute Gasteiger partial charge is 0.446 e. The highest BCUT2D eigenvalue weighted by atomic mass is 19.4. The number of nitrogens with one attached hydrogen (secondary N) is 2. The van der Waals surface area contributed by atoms with Crippen LogP contribution in [0.1, 0.15) is 99.3 Å². The fraction of sp³-hybridized carbons (Fsp3) is 0.946. The quantitative estimate of drug-likeness (QED) is 0.310. The minimum Gasteiger partial charge on any atom is -0.446 e. The zero-order valence-corrected chi connectivity index (χ0v) is 30.0. The van der Waals surface area contributed by atoms with E-state index in [0.29, 0.717) is 40.4 Å². The predicted octanol–water partition coefficient (Wildman–Crippen LogP) is 7.16. The molecular formula is C37H58F3N3O5. The molecule has 0 bridgehead atoms. The summed E-state index contributed by atoms with van der Waals surface area (Å²) >= 11 is 0. The number of carbonyl (C=O) groups is 2. The molecule has 11 heteroatoms. The number of nitrogens with zero attached hydrogens (tertiary/aromatic N) is 1. The molecule has 0 radical (unpaired) electrons. The standard InChI is InChI=1S/C37H58F3N3O5/c1-20(2)30(48-31(44)41-7)26-14-21(3)29-25(46-26)15-24-23-8-9-27-33(4,5)28(10-11-36(27)18-35(23,36)13-12-34(24,29)6)47-32(45)42-22-16-43(17-22)19-37(38,39)40/h20-30H,8-19H2,1-7H3,(H,41,44)(H,42,45)/t21?,23?,24?,25?,26?,27?,28-,29?,30+,34?,35-,36?/m0/s1. The number of alkyl carbamates (subject to hydrolysis) is 2. The molecule has 8 nitrogen and oxygen atoms in total. The molecule has 12 atom stereocenters. The molecule has 9 unspecified atom stereocenters. The second-order valence-electron chi connectivity index (χ2n) is 18.3. The number of likely N-dealkylation sites (tertiary alicyclic amines) is 1. The van der Waals surface area contributed by atoms with Crippen molar-refractivity contribution < 1.29 is 37.0 Å². The Morgan fingerprint density at radius 1 is 0.979 bits per heavy atom. The van der Waals surface area contributed by atoms with Gasteiger partial charge in [0, 0.05) is 25.6 Å². The second kappa shape index (κ2) is 11.6. The Morgan fingerprint density at radius 2 is 1.71 bits per heavy atom. The lowest BCUT2D eigenvalue weighted by Gasteiger charge is -2.59. The van der Waals surface area contributed by atoms with E-state index in [4.69, 9.17) is 14.2 Å². The third-order valence-electron chi connectivity index (χ3n) is 15.3. The highest BCUT2D eigenvalue weighted by Gasteiger charge is 2.81. The van der Waals surface area contributed by atoms with Crippen LogP contribution in [0.4, 0.5) is 22.8 Å². The predicted molar refractivity (Wildman–Crippen MR) is 174 cm³/mol. The van der Waals surface area contributed by atoms with Gasteiger partial charge in [-0.2, -0.15) is 13.2 Å². The highest BCUT2D eigenvalue weighted by Crippen LogP contribution is 2.87. The summed E-state index contributed by atoms with van der Waals surface area (Å²) in [5, 5.41) is 5.44. The molecular weight excluding hydrogens is 623 g/mol. The van der Waals surface area contributed by atoms with Gasteiger partial charge in [0.15, 0.2) is 0 Å². The van der Waals surface area contributed by atoms with Crippen LogP contribution < -0.4 is 10.6 Å². The normalized spacial score (nSPS) is 45.3. The van der Waals surface area contributed by atoms with E-state index >= 15 is 0 Å². The van der Waals surface area contributed by atoms with Crippen LogP contribution in [-0.2, 0) is 14.2 Å². The van der Waals surface area contributed by atoms with Crippen molar-refractivity contribution in [2.45, 2.75) is 136 Å². The molecule has 2 heterocycles. The zero-order chi connectivity index (χ0) is 34.6. The Labute approximate surface area is 284 Å². The lowest BCUT2D eigenvalue weighted by molar-refractivity contribution is -0.165. The minimum absolute atomic E-state index is 0.0874. The van der Waals surface area contributed by atoms with Crippen LogP contribution in [-0.4, -0.2) is 80.4 Å². The van der Waals surface area contributed by atoms with E-state index in [2.05, 4.69) is 52.2 Å². The van der Waals surface area contributed by atoms with Gasteiger partial charge in [-0.3, -0.25) is 4.90 Å². The van der Waals surface area contributed by atoms with Crippen molar-refractivity contribution in [3.63, 3.8) is 0 Å². The number of carbonyl (C=O) groups excluding carboxylic acids is 2. The van der Waals surface area contributed by atoms with Gasteiger partial charge in [0.05, 0.1) is 24.8 Å². The molecule has 7 fully saturated rings. The van der Waals surface area contributed by atoms with Crippen molar-refractivity contribution >= 4 is 12.2 Å². The second-order valence-corrected chi connectivity index (χ2v) is 18.3. The van der Waals surface area contributed by atoms with E-state index in [9.17, 15) is 22.8 Å². The van der Waals surface area contributed by atoms with Crippen molar-refractivity contribution in [3.05, 3.63) is 0 Å². The maximum Gasteiger partial charge on any atom is 0.407 e. The Kier molecular flexibility index (Phi) is 8.41. The first-order valence-corrected chi connectivity index (χ1v) is 18.7. The van der Waals surface area contributed by atoms with E-state index in [-0.39, 0.29) is 60.3 Å². The van der Waals surface area contributed by atoms with Crippen LogP contribution in [0.5, 0.6) is 0 Å². The molecule has 0 aromatic carbocycles. The Hall–Kier alpha value is -1.75. The minimum atomic E-state index is -4.23. The van der Waals surface area contributed by atoms with E-state index in [1.54, 1.807) is 7.05 Å². The fourth-order valence-electron chi connectivity index (χ4n) is 13.5. The SMILES string of the molecule is CNC(=O)O[C@H](C(C)C)C1CC(C)C2C(CC3C4CCC5C(C)(C)[C@@H](OC(=O)NC6CN(CC(F)(F)F)C6)CCC56C[C@@]46CCC32C)O1. The van der Waals surface area contributed by atoms with E-state index in [1.165, 1.54) is 30.6 Å². The number of alkyl halides is 3. The van der Waals surface area contributed by atoms with Crippen LogP contribution >= 0.6 is 0 Å². The van der Waals surface area contributed by atoms with Crippen molar-refractivity contribution in [1.29, 1.82) is 0 Å². The van der Waals surface area contributed by atoms with Crippen molar-refractivity contribution in [3.8, 4) is 0 Å². The number of ether oxygens (including phenoxy) is 3. The van der Waals surface area contributed by atoms with Gasteiger partial charge in [0.2, 0.25) is 0 Å². The summed E-state index contributed by atoms with van der Waals surface area (Å²) < 4.78 is 57.0. The molecule has 48 heavy (non-hydrogen) atoms. The van der Waals surface area contributed by atoms with Crippen LogP contribution in [0.2, 0.25) is 0 Å². The summed E-state index contributed by atoms with van der Waals surface area (Å²) in [6.07, 6.45) is 4.60. The van der Waals surface area contributed by atoms with Gasteiger partial charge in [-0.05, 0) is 110 Å². The smallest absolute Gasteiger partial charge is 0.407 e. The Balaban J connectivity index is 1.01. The van der Waals surface area contributed by atoms with Gasteiger partial charge in [-0.1, -0.05) is 41.5 Å². The molecule has 0 aromatic rings. The molecule has 2 amide bonds. The molecule has 0 aromatic heterocycles. The summed E-state index contributed by atoms with van der Waals surface area (Å²) in [7, 11) is 1.60. The van der Waals surface area contributed by atoms with E-state index in [0.717, 1.165) is 32.1 Å². The van der Waals surface area contributed by atoms with Crippen molar-refractivity contribution in [1.82, 2.24) is 15.5 Å². The van der Waals surface area contributed by atoms with Gasteiger partial charge in [0.1, 0.15) is 12.2 Å². The number of rotatable bonds is 6. The average Bonchev–Trinajstić information content (AvgIpc) is 3.54. The zero-order valence-electron chi connectivity index (χ0n) is 30.0. The van der Waals surface area contributed by atoms with Gasteiger partial charge in [0.25, 0.3) is 0 Å². The number of hydrogen-bond acceptors (Lipinski definition) is 6. The Morgan fingerprint density at radius 3 is 2.38 bits per heavy atom. The fourth-order valence-corrected chi connectivity index (χ4v) is 13.5. The Bertz CT molecular complexity index is 1270. The van der Waals surface area contributed by atoms with Crippen LogP contribution in [0, 0.1) is 57.2 Å². The maximum absolute atomic E-state index is 12.9. The number of amides is 2. The van der Waals surface area contributed by atoms with Gasteiger partial charge in [-0.15, -0.1) is 0 Å². The molecule has 272 valence electrons. The molecule has 7 aliphatic rings.